The van der Waals surface area contributed by atoms with Gasteiger partial charge in [0.05, 0.1) is 0 Å². The minimum Gasteiger partial charge on any atom is -0.200 e. The molecule has 122 valence electrons. The predicted octanol–water partition coefficient (Wildman–Crippen LogP) is 4.84. The Balaban J connectivity index is 6.08. The first kappa shape index (κ1) is 19.2. The van der Waals surface area contributed by atoms with E-state index < -0.39 is 49.4 Å². The molecule has 0 aromatic carbocycles. The Hall–Kier alpha value is -0.840. The van der Waals surface area contributed by atoms with Crippen molar-refractivity contribution >= 4 is 0 Å². The van der Waals surface area contributed by atoms with Gasteiger partial charge in [-0.15, -0.1) is 0 Å². The lowest BCUT2D eigenvalue weighted by Crippen LogP contribution is -2.69. The van der Waals surface area contributed by atoms with Crippen LogP contribution in [0.1, 0.15) is 13.8 Å². The molecular weight excluding hydrogens is 324 g/mol. The number of rotatable bonds is 5. The van der Waals surface area contributed by atoms with Gasteiger partial charge < -0.3 is 0 Å². The van der Waals surface area contributed by atoms with Crippen molar-refractivity contribution in [2.24, 2.45) is 0 Å². The highest BCUT2D eigenvalue weighted by Gasteiger charge is 2.88. The number of alkyl halides is 12. The maximum atomic E-state index is 12.7. The summed E-state index contributed by atoms with van der Waals surface area (Å²) in [6.45, 7) is -1.89. The number of halogens is 12. The molecule has 0 aliphatic carbocycles. The maximum Gasteiger partial charge on any atom is 0.384 e. The van der Waals surface area contributed by atoms with Crippen LogP contribution in [0.25, 0.3) is 0 Å². The van der Waals surface area contributed by atoms with Crippen LogP contribution in [-0.4, -0.2) is 35.5 Å². The average molecular weight is 330 g/mol. The van der Waals surface area contributed by atoms with E-state index in [1.807, 2.05) is 0 Å². The van der Waals surface area contributed by atoms with Gasteiger partial charge in [-0.05, 0) is 0 Å². The molecule has 0 saturated carbocycles. The highest BCUT2D eigenvalue weighted by Crippen LogP contribution is 2.59. The van der Waals surface area contributed by atoms with Crippen LogP contribution in [0.3, 0.4) is 0 Å². The van der Waals surface area contributed by atoms with Crippen molar-refractivity contribution in [3.8, 4) is 0 Å². The summed E-state index contributed by atoms with van der Waals surface area (Å²) in [5.74, 6) is -40.6. The monoisotopic (exact) mass is 330 g/mol. The van der Waals surface area contributed by atoms with E-state index in [1.54, 1.807) is 0 Å². The Morgan fingerprint density at radius 1 is 0.350 bits per heavy atom. The molecule has 0 N–H and O–H groups in total. The van der Waals surface area contributed by atoms with Crippen molar-refractivity contribution in [2.45, 2.75) is 49.4 Å². The third-order valence-corrected chi connectivity index (χ3v) is 2.29. The van der Waals surface area contributed by atoms with Gasteiger partial charge >= 0.3 is 35.5 Å². The minimum absolute atomic E-state index is 0.945. The van der Waals surface area contributed by atoms with E-state index in [4.69, 9.17) is 0 Å². The molecule has 12 heteroatoms. The fourth-order valence-corrected chi connectivity index (χ4v) is 0.946. The molecule has 0 radical (unpaired) electrons. The molecular formula is C8H6F12. The van der Waals surface area contributed by atoms with Gasteiger partial charge in [-0.2, -0.15) is 52.7 Å². The van der Waals surface area contributed by atoms with Gasteiger partial charge in [0, 0.05) is 13.8 Å². The zero-order valence-corrected chi connectivity index (χ0v) is 9.54. The van der Waals surface area contributed by atoms with Crippen LogP contribution in [0.15, 0.2) is 0 Å². The van der Waals surface area contributed by atoms with E-state index in [9.17, 15) is 52.7 Å². The fraction of sp³-hybridized carbons (Fsp3) is 1.00. The van der Waals surface area contributed by atoms with Gasteiger partial charge in [0.25, 0.3) is 0 Å². The van der Waals surface area contributed by atoms with Crippen molar-refractivity contribution in [2.75, 3.05) is 0 Å². The van der Waals surface area contributed by atoms with Crippen LogP contribution >= 0.6 is 0 Å². The Bertz CT molecular complexity index is 321. The minimum atomic E-state index is -7.43. The van der Waals surface area contributed by atoms with E-state index in [-0.39, 0.29) is 0 Å². The molecule has 0 saturated heterocycles. The zero-order chi connectivity index (χ0) is 17.0. The lowest BCUT2D eigenvalue weighted by atomic mass is 9.92. The molecule has 0 atom stereocenters. The van der Waals surface area contributed by atoms with Crippen molar-refractivity contribution < 1.29 is 52.7 Å². The molecule has 0 aliphatic heterocycles. The Morgan fingerprint density at radius 2 is 0.500 bits per heavy atom. The van der Waals surface area contributed by atoms with Crippen LogP contribution in [0.4, 0.5) is 52.7 Å². The predicted molar refractivity (Wildman–Crippen MR) is 41.0 cm³/mol. The van der Waals surface area contributed by atoms with Crippen LogP contribution in [-0.2, 0) is 0 Å². The van der Waals surface area contributed by atoms with E-state index in [0.717, 1.165) is 0 Å². The third kappa shape index (κ3) is 2.30. The van der Waals surface area contributed by atoms with Crippen LogP contribution in [0.5, 0.6) is 0 Å². The summed E-state index contributed by atoms with van der Waals surface area (Å²) in [6.07, 6.45) is 0. The van der Waals surface area contributed by atoms with Gasteiger partial charge in [-0.3, -0.25) is 0 Å². The largest absolute Gasteiger partial charge is 0.384 e. The Labute approximate surface area is 103 Å². The summed E-state index contributed by atoms with van der Waals surface area (Å²) in [4.78, 5) is 0. The van der Waals surface area contributed by atoms with E-state index in [0.29, 0.717) is 0 Å². The van der Waals surface area contributed by atoms with Crippen LogP contribution in [0, 0.1) is 0 Å². The summed E-state index contributed by atoms with van der Waals surface area (Å²) in [5.41, 5.74) is 0. The van der Waals surface area contributed by atoms with Gasteiger partial charge in [-0.25, -0.2) is 0 Å². The van der Waals surface area contributed by atoms with Gasteiger partial charge in [0.2, 0.25) is 0 Å². The third-order valence-electron chi connectivity index (χ3n) is 2.29. The summed E-state index contributed by atoms with van der Waals surface area (Å²) in [6, 6.07) is 0. The van der Waals surface area contributed by atoms with Crippen molar-refractivity contribution in [3.05, 3.63) is 0 Å². The first-order valence-corrected chi connectivity index (χ1v) is 4.52. The molecule has 0 heterocycles. The second-order valence-corrected chi connectivity index (χ2v) is 4.07. The smallest absolute Gasteiger partial charge is 0.200 e. The highest BCUT2D eigenvalue weighted by molar-refractivity contribution is 5.10. The summed E-state index contributed by atoms with van der Waals surface area (Å²) in [5, 5.41) is 0. The topological polar surface area (TPSA) is 0 Å². The van der Waals surface area contributed by atoms with E-state index >= 15 is 0 Å². The fourth-order valence-electron chi connectivity index (χ4n) is 0.946. The van der Waals surface area contributed by atoms with Gasteiger partial charge in [0.1, 0.15) is 0 Å². The zero-order valence-electron chi connectivity index (χ0n) is 9.54. The Kier molecular flexibility index (Phi) is 4.14. The SMILES string of the molecule is CC(F)(F)C(F)(F)C(F)(F)C(F)(F)C(F)(F)C(C)(F)F. The van der Waals surface area contributed by atoms with Crippen LogP contribution in [0.2, 0.25) is 0 Å². The number of hydrogen-bond acceptors (Lipinski definition) is 0. The standard InChI is InChI=1S/C8H6F12/c1-3(9,10)5(13,14)7(17,18)8(19,20)6(15,16)4(2,11)12/h1-2H3. The first-order chi connectivity index (χ1) is 8.25. The molecule has 0 aliphatic rings. The first-order valence-electron chi connectivity index (χ1n) is 4.52. The van der Waals surface area contributed by atoms with Crippen molar-refractivity contribution in [1.82, 2.24) is 0 Å². The van der Waals surface area contributed by atoms with Crippen LogP contribution < -0.4 is 0 Å². The summed E-state index contributed by atoms with van der Waals surface area (Å²) < 4.78 is 150. The lowest BCUT2D eigenvalue weighted by Gasteiger charge is -2.40. The second-order valence-electron chi connectivity index (χ2n) is 4.07. The molecule has 0 unspecified atom stereocenters. The molecule has 0 aromatic rings. The van der Waals surface area contributed by atoms with Gasteiger partial charge in [-0.1, -0.05) is 0 Å². The second kappa shape index (κ2) is 4.33. The molecule has 0 fully saturated rings. The quantitative estimate of drug-likeness (QED) is 0.633. The molecule has 0 spiro atoms. The van der Waals surface area contributed by atoms with E-state index in [1.165, 1.54) is 0 Å². The summed E-state index contributed by atoms with van der Waals surface area (Å²) in [7, 11) is 0. The normalized spacial score (nSPS) is 16.5. The van der Waals surface area contributed by atoms with Gasteiger partial charge in [0.15, 0.2) is 0 Å². The molecule has 0 rings (SSSR count). The highest BCUT2D eigenvalue weighted by atomic mass is 19.4. The van der Waals surface area contributed by atoms with Crippen molar-refractivity contribution in [3.63, 3.8) is 0 Å². The molecule has 0 bridgehead atoms. The summed E-state index contributed by atoms with van der Waals surface area (Å²) >= 11 is 0. The maximum absolute atomic E-state index is 12.7. The number of hydrogen-bond donors (Lipinski definition) is 0. The molecule has 0 aromatic heterocycles. The van der Waals surface area contributed by atoms with Crippen molar-refractivity contribution in [1.29, 1.82) is 0 Å². The molecule has 0 nitrogen and oxygen atoms in total. The lowest BCUT2D eigenvalue weighted by molar-refractivity contribution is -0.421. The average Bonchev–Trinajstić information content (AvgIpc) is 2.12. The Morgan fingerprint density at radius 3 is 0.600 bits per heavy atom. The molecule has 20 heavy (non-hydrogen) atoms. The van der Waals surface area contributed by atoms with E-state index in [2.05, 4.69) is 0 Å². The molecule has 0 amide bonds.